The zero-order valence-corrected chi connectivity index (χ0v) is 13.1. The Labute approximate surface area is 131 Å². The first-order valence-electron chi connectivity index (χ1n) is 6.00. The van der Waals surface area contributed by atoms with E-state index in [0.717, 1.165) is 16.6 Å². The maximum Gasteiger partial charge on any atom is 0.167 e. The predicted octanol–water partition coefficient (Wildman–Crippen LogP) is 2.79. The summed E-state index contributed by atoms with van der Waals surface area (Å²) < 4.78 is 17.1. The van der Waals surface area contributed by atoms with E-state index >= 15 is 0 Å². The van der Waals surface area contributed by atoms with Gasteiger partial charge in [0.05, 0.1) is 24.4 Å². The zero-order valence-electron chi connectivity index (χ0n) is 11.5. The van der Waals surface area contributed by atoms with Gasteiger partial charge in [-0.1, -0.05) is 0 Å². The highest BCUT2D eigenvalue weighted by Gasteiger charge is 2.17. The van der Waals surface area contributed by atoms with Gasteiger partial charge >= 0.3 is 0 Å². The van der Waals surface area contributed by atoms with Gasteiger partial charge in [0, 0.05) is 12.3 Å². The molecule has 2 heterocycles. The topological polar surface area (TPSA) is 73.9 Å². The van der Waals surface area contributed by atoms with Crippen molar-refractivity contribution in [1.29, 1.82) is 0 Å². The maximum absolute atomic E-state index is 11.9. The van der Waals surface area contributed by atoms with Crippen LogP contribution in [0, 0.1) is 0 Å². The molecule has 0 fully saturated rings. The average molecular weight is 324 g/mol. The van der Waals surface area contributed by atoms with Crippen molar-refractivity contribution in [3.05, 3.63) is 36.7 Å². The standard InChI is InChI=1S/C14H13N3O2S.ClH/c1-19-9-3-4-10(13(7-9)20(2)18)14-16-11-5-6-15-8-12(11)17-14;/h3-8H,1-2H3,(H,16,17);1H. The predicted molar refractivity (Wildman–Crippen MR) is 85.5 cm³/mol. The van der Waals surface area contributed by atoms with E-state index in [1.54, 1.807) is 31.8 Å². The molecule has 0 bridgehead atoms. The van der Waals surface area contributed by atoms with Crippen LogP contribution in [-0.2, 0) is 11.2 Å². The second kappa shape index (κ2) is 6.34. The van der Waals surface area contributed by atoms with Crippen molar-refractivity contribution in [2.24, 2.45) is 0 Å². The summed E-state index contributed by atoms with van der Waals surface area (Å²) in [5.41, 5.74) is 2.49. The number of rotatable bonds is 3. The Morgan fingerprint density at radius 3 is 2.76 bits per heavy atom. The normalized spacial score (nSPS) is 12.0. The average Bonchev–Trinajstić information content (AvgIpc) is 2.90. The van der Waals surface area contributed by atoms with Gasteiger partial charge in [0.15, 0.2) is 4.90 Å². The minimum absolute atomic E-state index is 0. The molecule has 3 rings (SSSR count). The summed E-state index contributed by atoms with van der Waals surface area (Å²) in [6.07, 6.45) is 5.04. The molecule has 0 saturated carbocycles. The highest BCUT2D eigenvalue weighted by atomic mass is 35.5. The first-order chi connectivity index (χ1) is 9.69. The lowest BCUT2D eigenvalue weighted by Crippen LogP contribution is -2.01. The third kappa shape index (κ3) is 2.97. The Hall–Kier alpha value is -1.76. The number of nitrogens with one attached hydrogen (secondary N) is 1. The molecule has 1 unspecified atom stereocenters. The third-order valence-corrected chi connectivity index (χ3v) is 4.00. The first-order valence-corrected chi connectivity index (χ1v) is 7.56. The van der Waals surface area contributed by atoms with Crippen molar-refractivity contribution in [2.45, 2.75) is 4.90 Å². The summed E-state index contributed by atoms with van der Waals surface area (Å²) in [5.74, 6) is 1.36. The van der Waals surface area contributed by atoms with Gasteiger partial charge in [-0.25, -0.2) is 4.98 Å². The minimum Gasteiger partial charge on any atom is -0.612 e. The van der Waals surface area contributed by atoms with Gasteiger partial charge in [0.2, 0.25) is 0 Å². The van der Waals surface area contributed by atoms with Crippen LogP contribution in [0.4, 0.5) is 0 Å². The molecule has 21 heavy (non-hydrogen) atoms. The van der Waals surface area contributed by atoms with Crippen LogP contribution < -0.4 is 4.74 Å². The molecule has 5 nitrogen and oxygen atoms in total. The highest BCUT2D eigenvalue weighted by Crippen LogP contribution is 2.30. The second-order valence-electron chi connectivity index (χ2n) is 4.29. The number of ether oxygens (including phenoxy) is 1. The molecule has 1 N–H and O–H groups in total. The molecule has 0 aliphatic rings. The zero-order chi connectivity index (χ0) is 14.1. The van der Waals surface area contributed by atoms with Crippen molar-refractivity contribution in [3.63, 3.8) is 0 Å². The van der Waals surface area contributed by atoms with Crippen LogP contribution >= 0.6 is 12.4 Å². The lowest BCUT2D eigenvalue weighted by Gasteiger charge is -2.10. The molecule has 1 atom stereocenters. The van der Waals surface area contributed by atoms with Crippen molar-refractivity contribution in [1.82, 2.24) is 15.0 Å². The number of methoxy groups -OCH3 is 1. The largest absolute Gasteiger partial charge is 0.612 e. The lowest BCUT2D eigenvalue weighted by molar-refractivity contribution is 0.413. The van der Waals surface area contributed by atoms with Crippen LogP contribution in [0.3, 0.4) is 0 Å². The molecular formula is C14H14ClN3O2S. The SMILES string of the molecule is COc1ccc(-c2nc3cnccc3[nH]2)c([S+](C)[O-])c1.Cl. The lowest BCUT2D eigenvalue weighted by atomic mass is 10.2. The van der Waals surface area contributed by atoms with Gasteiger partial charge < -0.3 is 14.3 Å². The summed E-state index contributed by atoms with van der Waals surface area (Å²) in [7, 11) is 1.59. The molecule has 0 aliphatic heterocycles. The van der Waals surface area contributed by atoms with Crippen LogP contribution in [0.15, 0.2) is 41.6 Å². The fraction of sp³-hybridized carbons (Fsp3) is 0.143. The molecule has 0 spiro atoms. The van der Waals surface area contributed by atoms with Crippen molar-refractivity contribution in [3.8, 4) is 17.1 Å². The molecule has 110 valence electrons. The van der Waals surface area contributed by atoms with E-state index in [-0.39, 0.29) is 12.4 Å². The third-order valence-electron chi connectivity index (χ3n) is 3.04. The van der Waals surface area contributed by atoms with E-state index < -0.39 is 11.2 Å². The van der Waals surface area contributed by atoms with Crippen molar-refractivity contribution in [2.75, 3.05) is 13.4 Å². The number of aromatic amines is 1. The van der Waals surface area contributed by atoms with E-state index in [4.69, 9.17) is 4.74 Å². The Morgan fingerprint density at radius 1 is 1.29 bits per heavy atom. The van der Waals surface area contributed by atoms with Gasteiger partial charge in [-0.3, -0.25) is 4.98 Å². The number of imidazole rings is 1. The summed E-state index contributed by atoms with van der Waals surface area (Å²) in [4.78, 5) is 12.4. The van der Waals surface area contributed by atoms with Gasteiger partial charge in [0.1, 0.15) is 23.3 Å². The Balaban J connectivity index is 0.00000161. The second-order valence-corrected chi connectivity index (χ2v) is 5.64. The van der Waals surface area contributed by atoms with Crippen LogP contribution in [0.25, 0.3) is 22.4 Å². The number of pyridine rings is 1. The number of H-pyrrole nitrogens is 1. The quantitative estimate of drug-likeness (QED) is 0.752. The minimum atomic E-state index is -1.13. The number of aromatic nitrogens is 3. The maximum atomic E-state index is 11.9. The van der Waals surface area contributed by atoms with E-state index in [9.17, 15) is 4.55 Å². The van der Waals surface area contributed by atoms with Crippen molar-refractivity contribution < 1.29 is 9.29 Å². The fourth-order valence-electron chi connectivity index (χ4n) is 2.05. The molecule has 3 aromatic rings. The van der Waals surface area contributed by atoms with E-state index in [1.165, 1.54) is 0 Å². The monoisotopic (exact) mass is 323 g/mol. The number of hydrogen-bond acceptors (Lipinski definition) is 4. The van der Waals surface area contributed by atoms with Crippen LogP contribution in [-0.4, -0.2) is 32.9 Å². The molecule has 0 saturated heterocycles. The first kappa shape index (κ1) is 15.6. The van der Waals surface area contributed by atoms with Crippen LogP contribution in [0.2, 0.25) is 0 Å². The molecule has 2 aromatic heterocycles. The number of halogens is 1. The Bertz CT molecular complexity index is 728. The van der Waals surface area contributed by atoms with Crippen LogP contribution in [0.5, 0.6) is 5.75 Å². The Kier molecular flexibility index (Phi) is 4.72. The van der Waals surface area contributed by atoms with Crippen LogP contribution in [0.1, 0.15) is 0 Å². The molecular weight excluding hydrogens is 310 g/mol. The highest BCUT2D eigenvalue weighted by molar-refractivity contribution is 7.90. The van der Waals surface area contributed by atoms with Gasteiger partial charge in [-0.15, -0.1) is 12.4 Å². The summed E-state index contributed by atoms with van der Waals surface area (Å²) in [6, 6.07) is 7.33. The number of nitrogens with zero attached hydrogens (tertiary/aromatic N) is 2. The fourth-order valence-corrected chi connectivity index (χ4v) is 2.80. The summed E-state index contributed by atoms with van der Waals surface area (Å²) >= 11 is -1.13. The molecule has 1 aromatic carbocycles. The Morgan fingerprint density at radius 2 is 2.10 bits per heavy atom. The van der Waals surface area contributed by atoms with E-state index in [0.29, 0.717) is 16.5 Å². The van der Waals surface area contributed by atoms with Gasteiger partial charge in [0.25, 0.3) is 0 Å². The van der Waals surface area contributed by atoms with Gasteiger partial charge in [-0.2, -0.15) is 0 Å². The summed E-state index contributed by atoms with van der Waals surface area (Å²) in [5, 5.41) is 0. The number of hydrogen-bond donors (Lipinski definition) is 1. The van der Waals surface area contributed by atoms with Gasteiger partial charge in [-0.05, 0) is 29.4 Å². The molecule has 0 radical (unpaired) electrons. The summed E-state index contributed by atoms with van der Waals surface area (Å²) in [6.45, 7) is 0. The number of benzene rings is 1. The number of fused-ring (bicyclic) bond motifs is 1. The smallest absolute Gasteiger partial charge is 0.167 e. The van der Waals surface area contributed by atoms with Crippen molar-refractivity contribution >= 4 is 34.6 Å². The molecule has 7 heteroatoms. The molecule has 0 amide bonds. The van der Waals surface area contributed by atoms with E-state index in [1.807, 2.05) is 18.2 Å². The van der Waals surface area contributed by atoms with E-state index in [2.05, 4.69) is 15.0 Å². The molecule has 0 aliphatic carbocycles.